The van der Waals surface area contributed by atoms with E-state index in [0.717, 1.165) is 0 Å². The number of rotatable bonds is 1. The van der Waals surface area contributed by atoms with Crippen LogP contribution in [-0.4, -0.2) is 15.3 Å². The standard InChI is InChI=1S/C5H4O3.Cl2OS/c6-5(7)4-2-1-3-8-4;1-4(2)3/h1-3H,(H,6,7);. The van der Waals surface area contributed by atoms with Crippen LogP contribution in [0.15, 0.2) is 22.8 Å². The first kappa shape index (κ1) is 11.5. The molecule has 1 aromatic heterocycles. The first-order valence-corrected chi connectivity index (χ1v) is 5.35. The van der Waals surface area contributed by atoms with Crippen molar-refractivity contribution in [2.24, 2.45) is 0 Å². The third-order valence-electron chi connectivity index (χ3n) is 0.732. The molecule has 1 rings (SSSR count). The van der Waals surface area contributed by atoms with Crippen LogP contribution in [0.25, 0.3) is 0 Å². The molecule has 1 aromatic rings. The average Bonchev–Trinajstić information content (AvgIpc) is 2.34. The van der Waals surface area contributed by atoms with E-state index in [1.54, 1.807) is 0 Å². The largest absolute Gasteiger partial charge is 0.475 e. The number of aromatic carboxylic acids is 1. The predicted octanol–water partition coefficient (Wildman–Crippen LogP) is 2.02. The fourth-order valence-electron chi connectivity index (χ4n) is 0.400. The van der Waals surface area contributed by atoms with Gasteiger partial charge in [0.1, 0.15) is 0 Å². The van der Waals surface area contributed by atoms with E-state index < -0.39 is 15.2 Å². The first-order chi connectivity index (χ1) is 5.54. The zero-order valence-corrected chi connectivity index (χ0v) is 7.90. The molecule has 0 spiro atoms. The van der Waals surface area contributed by atoms with Crippen molar-refractivity contribution in [2.75, 3.05) is 0 Å². The van der Waals surface area contributed by atoms with Gasteiger partial charge < -0.3 is 9.52 Å². The number of carboxylic acids is 1. The quantitative estimate of drug-likeness (QED) is 0.750. The number of carboxylic acid groups (broad SMARTS) is 1. The van der Waals surface area contributed by atoms with Crippen LogP contribution in [0.3, 0.4) is 0 Å². The Morgan fingerprint density at radius 3 is 2.25 bits per heavy atom. The molecule has 0 aliphatic rings. The van der Waals surface area contributed by atoms with E-state index in [1.165, 1.54) is 18.4 Å². The highest BCUT2D eigenvalue weighted by Gasteiger charge is 2.01. The molecule has 0 amide bonds. The van der Waals surface area contributed by atoms with Gasteiger partial charge in [0.2, 0.25) is 15.0 Å². The van der Waals surface area contributed by atoms with Crippen molar-refractivity contribution in [1.82, 2.24) is 0 Å². The molecule has 7 heteroatoms. The summed E-state index contributed by atoms with van der Waals surface area (Å²) in [5.74, 6) is -1.06. The van der Waals surface area contributed by atoms with Gasteiger partial charge >= 0.3 is 5.97 Å². The fourth-order valence-corrected chi connectivity index (χ4v) is 0.400. The van der Waals surface area contributed by atoms with Crippen LogP contribution in [-0.2, 0) is 9.23 Å². The topological polar surface area (TPSA) is 67.5 Å². The summed E-state index contributed by atoms with van der Waals surface area (Å²) in [7, 11) is 7.36. The Balaban J connectivity index is 0.000000261. The summed E-state index contributed by atoms with van der Waals surface area (Å²) in [6, 6.07) is 2.92. The van der Waals surface area contributed by atoms with Gasteiger partial charge in [-0.25, -0.2) is 9.00 Å². The highest BCUT2D eigenvalue weighted by atomic mass is 36.0. The molecule has 0 aromatic carbocycles. The zero-order chi connectivity index (χ0) is 9.56. The van der Waals surface area contributed by atoms with Crippen molar-refractivity contribution < 1.29 is 18.5 Å². The number of hydrogen-bond donors (Lipinski definition) is 1. The van der Waals surface area contributed by atoms with Gasteiger partial charge in [0.25, 0.3) is 0 Å². The van der Waals surface area contributed by atoms with Crippen LogP contribution in [0.4, 0.5) is 0 Å². The van der Waals surface area contributed by atoms with Crippen molar-refractivity contribution in [2.45, 2.75) is 0 Å². The van der Waals surface area contributed by atoms with Crippen molar-refractivity contribution in [3.05, 3.63) is 24.2 Å². The molecule has 0 unspecified atom stereocenters. The molecule has 0 saturated heterocycles. The maximum absolute atomic E-state index is 9.97. The van der Waals surface area contributed by atoms with Crippen LogP contribution >= 0.6 is 21.4 Å². The van der Waals surface area contributed by atoms with E-state index >= 15 is 0 Å². The van der Waals surface area contributed by atoms with Gasteiger partial charge in [-0.05, 0) is 12.1 Å². The Labute approximate surface area is 79.5 Å². The molecular weight excluding hydrogens is 227 g/mol. The molecule has 68 valence electrons. The second-order valence-electron chi connectivity index (χ2n) is 1.47. The third kappa shape index (κ3) is 6.21. The second kappa shape index (κ2) is 6.05. The van der Waals surface area contributed by atoms with Gasteiger partial charge in [-0.3, -0.25) is 0 Å². The minimum absolute atomic E-state index is 0.0231. The lowest BCUT2D eigenvalue weighted by Crippen LogP contribution is -1.90. The monoisotopic (exact) mass is 230 g/mol. The minimum atomic E-state index is -1.67. The Morgan fingerprint density at radius 1 is 1.58 bits per heavy atom. The molecule has 0 aliphatic carbocycles. The molecule has 1 N–H and O–H groups in total. The lowest BCUT2D eigenvalue weighted by Gasteiger charge is -1.79. The van der Waals surface area contributed by atoms with Crippen LogP contribution in [0.2, 0.25) is 0 Å². The molecule has 0 atom stereocenters. The summed E-state index contributed by atoms with van der Waals surface area (Å²) in [6.45, 7) is 0. The smallest absolute Gasteiger partial charge is 0.371 e. The number of hydrogen-bond acceptors (Lipinski definition) is 3. The number of furan rings is 1. The lowest BCUT2D eigenvalue weighted by atomic mass is 10.5. The summed E-state index contributed by atoms with van der Waals surface area (Å²) in [5.41, 5.74) is 0. The average molecular weight is 231 g/mol. The van der Waals surface area contributed by atoms with Gasteiger partial charge in [0, 0.05) is 21.4 Å². The van der Waals surface area contributed by atoms with Gasteiger partial charge in [0.15, 0.2) is 0 Å². The Morgan fingerprint density at radius 2 is 2.08 bits per heavy atom. The van der Waals surface area contributed by atoms with Gasteiger partial charge in [-0.2, -0.15) is 0 Å². The summed E-state index contributed by atoms with van der Waals surface area (Å²) in [4.78, 5) is 9.97. The van der Waals surface area contributed by atoms with Crippen LogP contribution < -0.4 is 0 Å². The Hall–Kier alpha value is -0.520. The van der Waals surface area contributed by atoms with Crippen LogP contribution in [0.5, 0.6) is 0 Å². The molecule has 4 nitrogen and oxygen atoms in total. The molecule has 0 aliphatic heterocycles. The summed E-state index contributed by atoms with van der Waals surface area (Å²) >= 11 is 0. The molecule has 0 radical (unpaired) electrons. The van der Waals surface area contributed by atoms with E-state index in [-0.39, 0.29) is 5.76 Å². The lowest BCUT2D eigenvalue weighted by molar-refractivity contribution is 0.0662. The van der Waals surface area contributed by atoms with Crippen LogP contribution in [0.1, 0.15) is 10.6 Å². The van der Waals surface area contributed by atoms with Gasteiger partial charge in [-0.15, -0.1) is 0 Å². The van der Waals surface area contributed by atoms with Gasteiger partial charge in [0.05, 0.1) is 6.26 Å². The van der Waals surface area contributed by atoms with E-state index in [2.05, 4.69) is 25.8 Å². The van der Waals surface area contributed by atoms with Crippen molar-refractivity contribution in [3.63, 3.8) is 0 Å². The van der Waals surface area contributed by atoms with Crippen molar-refractivity contribution in [3.8, 4) is 0 Å². The molecule has 0 saturated carbocycles. The SMILES string of the molecule is O=C(O)c1ccco1.O=S(Cl)Cl. The zero-order valence-electron chi connectivity index (χ0n) is 5.57. The van der Waals surface area contributed by atoms with Crippen LogP contribution in [0, 0.1) is 0 Å². The molecule has 0 fully saturated rings. The fraction of sp³-hybridized carbons (Fsp3) is 0. The van der Waals surface area contributed by atoms with Gasteiger partial charge in [-0.1, -0.05) is 0 Å². The Kier molecular flexibility index (Phi) is 5.79. The number of halogens is 2. The second-order valence-corrected chi connectivity index (χ2v) is 3.99. The highest BCUT2D eigenvalue weighted by molar-refractivity contribution is 8.26. The minimum Gasteiger partial charge on any atom is -0.475 e. The normalized spacial score (nSPS) is 8.92. The summed E-state index contributed by atoms with van der Waals surface area (Å²) in [5, 5.41) is 8.18. The van der Waals surface area contributed by atoms with E-state index in [4.69, 9.17) is 9.32 Å². The molecule has 1 heterocycles. The number of carbonyl (C=O) groups is 1. The van der Waals surface area contributed by atoms with Crippen molar-refractivity contribution in [1.29, 1.82) is 0 Å². The van der Waals surface area contributed by atoms with Crippen molar-refractivity contribution >= 4 is 36.6 Å². The molecule has 12 heavy (non-hydrogen) atoms. The Bertz CT molecular complexity index is 254. The first-order valence-electron chi connectivity index (χ1n) is 2.55. The summed E-state index contributed by atoms with van der Waals surface area (Å²) in [6.07, 6.45) is 1.32. The third-order valence-corrected chi connectivity index (χ3v) is 0.732. The van der Waals surface area contributed by atoms with E-state index in [9.17, 15) is 4.79 Å². The predicted molar refractivity (Wildman–Crippen MR) is 45.5 cm³/mol. The van der Waals surface area contributed by atoms with E-state index in [0.29, 0.717) is 0 Å². The van der Waals surface area contributed by atoms with E-state index in [1.807, 2.05) is 0 Å². The summed E-state index contributed by atoms with van der Waals surface area (Å²) < 4.78 is 13.6. The molecular formula is C5H4Cl2O4S. The molecule has 0 bridgehead atoms. The maximum Gasteiger partial charge on any atom is 0.371 e. The highest BCUT2D eigenvalue weighted by Crippen LogP contribution is 1.97. The maximum atomic E-state index is 9.97.